The Morgan fingerprint density at radius 2 is 1.81 bits per heavy atom. The lowest BCUT2D eigenvalue weighted by Crippen LogP contribution is -2.30. The maximum Gasteiger partial charge on any atom is 0.255 e. The van der Waals surface area contributed by atoms with Crippen molar-refractivity contribution in [2.75, 3.05) is 24.2 Å². The van der Waals surface area contributed by atoms with E-state index >= 15 is 0 Å². The highest BCUT2D eigenvalue weighted by atomic mass is 32.2. The molecule has 2 aromatic rings. The fourth-order valence-corrected chi connectivity index (χ4v) is 3.75. The Morgan fingerprint density at radius 1 is 1.15 bits per heavy atom. The van der Waals surface area contributed by atoms with Gasteiger partial charge in [0.05, 0.1) is 16.5 Å². The largest absolute Gasteiger partial charge is 0.356 e. The maximum absolute atomic E-state index is 12.8. The molecule has 0 aliphatic carbocycles. The minimum Gasteiger partial charge on any atom is -0.356 e. The van der Waals surface area contributed by atoms with Crippen LogP contribution in [0.1, 0.15) is 41.7 Å². The highest BCUT2D eigenvalue weighted by molar-refractivity contribution is 7.90. The molecule has 2 heterocycles. The monoisotopic (exact) mass is 373 g/mol. The van der Waals surface area contributed by atoms with Crippen LogP contribution in [0, 0.1) is 0 Å². The van der Waals surface area contributed by atoms with Gasteiger partial charge in [-0.3, -0.25) is 4.79 Å². The zero-order valence-corrected chi connectivity index (χ0v) is 15.8. The van der Waals surface area contributed by atoms with E-state index in [0.717, 1.165) is 37.3 Å². The maximum atomic E-state index is 12.8. The van der Waals surface area contributed by atoms with Crippen molar-refractivity contribution < 1.29 is 13.2 Å². The summed E-state index contributed by atoms with van der Waals surface area (Å²) < 4.78 is 23.1. The van der Waals surface area contributed by atoms with Crippen molar-refractivity contribution in [2.24, 2.45) is 0 Å². The van der Waals surface area contributed by atoms with E-state index in [1.807, 2.05) is 6.92 Å². The van der Waals surface area contributed by atoms with Crippen molar-refractivity contribution in [3.63, 3.8) is 0 Å². The highest BCUT2D eigenvalue weighted by Gasteiger charge is 2.21. The molecular weight excluding hydrogens is 350 g/mol. The van der Waals surface area contributed by atoms with Gasteiger partial charge in [-0.15, -0.1) is 0 Å². The van der Waals surface area contributed by atoms with Crippen LogP contribution in [0.15, 0.2) is 47.5 Å². The molecule has 0 radical (unpaired) electrons. The predicted octanol–water partition coefficient (Wildman–Crippen LogP) is 2.58. The fourth-order valence-electron chi connectivity index (χ4n) is 3.12. The summed E-state index contributed by atoms with van der Waals surface area (Å²) in [6.07, 6.45) is 5.11. The molecule has 0 spiro atoms. The third-order valence-corrected chi connectivity index (χ3v) is 5.72. The Labute approximate surface area is 154 Å². The summed E-state index contributed by atoms with van der Waals surface area (Å²) in [5.41, 5.74) is 1.41. The van der Waals surface area contributed by atoms with Gasteiger partial charge in [0.1, 0.15) is 5.82 Å². The van der Waals surface area contributed by atoms with Crippen molar-refractivity contribution in [3.05, 3.63) is 53.7 Å². The molecule has 1 unspecified atom stereocenters. The van der Waals surface area contributed by atoms with Crippen LogP contribution in [0.25, 0.3) is 0 Å². The van der Waals surface area contributed by atoms with Crippen LogP contribution in [0.4, 0.5) is 5.82 Å². The van der Waals surface area contributed by atoms with Gasteiger partial charge in [-0.1, -0.05) is 12.1 Å². The van der Waals surface area contributed by atoms with Crippen LogP contribution in [0.2, 0.25) is 0 Å². The highest BCUT2D eigenvalue weighted by Crippen LogP contribution is 2.23. The Bertz CT molecular complexity index is 889. The zero-order chi connectivity index (χ0) is 18.7. The van der Waals surface area contributed by atoms with Crippen molar-refractivity contribution in [3.8, 4) is 0 Å². The van der Waals surface area contributed by atoms with E-state index in [9.17, 15) is 13.2 Å². The number of hydrogen-bond acceptors (Lipinski definition) is 5. The number of nitrogens with one attached hydrogen (secondary N) is 1. The SMILES string of the molecule is CC(NC(=O)c1cccnc1N1CCCC1)c1ccc(S(C)(=O)=O)cc1. The lowest BCUT2D eigenvalue weighted by molar-refractivity contribution is 0.0940. The van der Waals surface area contributed by atoms with Crippen molar-refractivity contribution in [1.82, 2.24) is 10.3 Å². The number of rotatable bonds is 5. The summed E-state index contributed by atoms with van der Waals surface area (Å²) in [6.45, 7) is 3.71. The molecular formula is C19H23N3O3S. The van der Waals surface area contributed by atoms with Gasteiger partial charge in [0.15, 0.2) is 9.84 Å². The minimum absolute atomic E-state index is 0.181. The zero-order valence-electron chi connectivity index (χ0n) is 15.0. The molecule has 0 saturated carbocycles. The summed E-state index contributed by atoms with van der Waals surface area (Å²) in [4.78, 5) is 19.6. The first-order valence-electron chi connectivity index (χ1n) is 8.67. The summed E-state index contributed by atoms with van der Waals surface area (Å²) in [6, 6.07) is 9.89. The standard InChI is InChI=1S/C19H23N3O3S/c1-14(15-7-9-16(10-8-15)26(2,24)25)21-19(23)17-6-5-11-20-18(17)22-12-3-4-13-22/h5-11,14H,3-4,12-13H2,1-2H3,(H,21,23). The molecule has 7 heteroatoms. The van der Waals surface area contributed by atoms with E-state index < -0.39 is 9.84 Å². The molecule has 6 nitrogen and oxygen atoms in total. The summed E-state index contributed by atoms with van der Waals surface area (Å²) in [5, 5.41) is 2.98. The molecule has 1 amide bonds. The van der Waals surface area contributed by atoms with Gasteiger partial charge >= 0.3 is 0 Å². The Kier molecular flexibility index (Phi) is 5.27. The smallest absolute Gasteiger partial charge is 0.255 e. The first-order chi connectivity index (χ1) is 12.4. The van der Waals surface area contributed by atoms with Crippen LogP contribution in [0.5, 0.6) is 0 Å². The number of anilines is 1. The second kappa shape index (κ2) is 7.45. The molecule has 0 bridgehead atoms. The third-order valence-electron chi connectivity index (χ3n) is 4.59. The molecule has 1 saturated heterocycles. The molecule has 26 heavy (non-hydrogen) atoms. The fraction of sp³-hybridized carbons (Fsp3) is 0.368. The molecule has 1 aliphatic rings. The van der Waals surface area contributed by atoms with Crippen LogP contribution in [-0.4, -0.2) is 38.7 Å². The van der Waals surface area contributed by atoms with Gasteiger partial charge in [0.2, 0.25) is 0 Å². The summed E-state index contributed by atoms with van der Waals surface area (Å²) in [5.74, 6) is 0.543. The number of nitrogens with zero attached hydrogens (tertiary/aromatic N) is 2. The topological polar surface area (TPSA) is 79.4 Å². The molecule has 1 fully saturated rings. The van der Waals surface area contributed by atoms with Crippen molar-refractivity contribution in [1.29, 1.82) is 0 Å². The second-order valence-electron chi connectivity index (χ2n) is 6.61. The van der Waals surface area contributed by atoms with Crippen LogP contribution in [-0.2, 0) is 9.84 Å². The molecule has 138 valence electrons. The molecule has 1 aliphatic heterocycles. The minimum atomic E-state index is -3.23. The quantitative estimate of drug-likeness (QED) is 0.871. The van der Waals surface area contributed by atoms with Gasteiger partial charge in [-0.2, -0.15) is 0 Å². The van der Waals surface area contributed by atoms with Gasteiger partial charge in [-0.25, -0.2) is 13.4 Å². The third kappa shape index (κ3) is 4.04. The van der Waals surface area contributed by atoms with E-state index in [2.05, 4.69) is 15.2 Å². The average Bonchev–Trinajstić information content (AvgIpc) is 3.15. The number of benzene rings is 1. The van der Waals surface area contributed by atoms with Crippen molar-refractivity contribution in [2.45, 2.75) is 30.7 Å². The number of carbonyl (C=O) groups excluding carboxylic acids is 1. The summed E-state index contributed by atoms with van der Waals surface area (Å²) in [7, 11) is -3.23. The molecule has 1 N–H and O–H groups in total. The number of sulfone groups is 1. The Hall–Kier alpha value is -2.41. The first kappa shape index (κ1) is 18.4. The number of amides is 1. The molecule has 1 atom stereocenters. The number of aromatic nitrogens is 1. The number of hydrogen-bond donors (Lipinski definition) is 1. The lowest BCUT2D eigenvalue weighted by atomic mass is 10.1. The summed E-state index contributed by atoms with van der Waals surface area (Å²) >= 11 is 0. The van der Waals surface area contributed by atoms with Gasteiger partial charge < -0.3 is 10.2 Å². The van der Waals surface area contributed by atoms with E-state index in [-0.39, 0.29) is 16.8 Å². The van der Waals surface area contributed by atoms with Gasteiger partial charge in [-0.05, 0) is 49.6 Å². The lowest BCUT2D eigenvalue weighted by Gasteiger charge is -2.21. The van der Waals surface area contributed by atoms with Gasteiger partial charge in [0, 0.05) is 25.5 Å². The average molecular weight is 373 g/mol. The van der Waals surface area contributed by atoms with E-state index in [0.29, 0.717) is 5.56 Å². The predicted molar refractivity (Wildman–Crippen MR) is 101 cm³/mol. The van der Waals surface area contributed by atoms with Crippen LogP contribution < -0.4 is 10.2 Å². The Morgan fingerprint density at radius 3 is 2.42 bits per heavy atom. The van der Waals surface area contributed by atoms with E-state index in [1.54, 1.807) is 42.6 Å². The first-order valence-corrected chi connectivity index (χ1v) is 10.6. The molecule has 3 rings (SSSR count). The Balaban J connectivity index is 1.76. The molecule has 1 aromatic carbocycles. The second-order valence-corrected chi connectivity index (χ2v) is 8.62. The number of pyridine rings is 1. The molecule has 1 aromatic heterocycles. The normalized spacial score (nSPS) is 15.7. The van der Waals surface area contributed by atoms with E-state index in [4.69, 9.17) is 0 Å². The van der Waals surface area contributed by atoms with Crippen LogP contribution in [0.3, 0.4) is 0 Å². The van der Waals surface area contributed by atoms with Crippen molar-refractivity contribution >= 4 is 21.6 Å². The van der Waals surface area contributed by atoms with E-state index in [1.165, 1.54) is 6.26 Å². The number of carbonyl (C=O) groups is 1. The van der Waals surface area contributed by atoms with Crippen LogP contribution >= 0.6 is 0 Å². The van der Waals surface area contributed by atoms with Gasteiger partial charge in [0.25, 0.3) is 5.91 Å².